The zero-order chi connectivity index (χ0) is 22.6. The molecule has 2 aromatic heterocycles. The van der Waals surface area contributed by atoms with Crippen LogP contribution in [0.25, 0.3) is 10.4 Å². The molecule has 0 amide bonds. The molecule has 2 heterocycles. The fraction of sp³-hybridized carbons (Fsp3) is 0.609. The number of ether oxygens (including phenoxy) is 1. The Balaban J connectivity index is 0. The number of esters is 1. The fourth-order valence-corrected chi connectivity index (χ4v) is 2.51. The van der Waals surface area contributed by atoms with E-state index in [4.69, 9.17) is 20.1 Å². The number of furan rings is 2. The van der Waals surface area contributed by atoms with Crippen LogP contribution in [0.5, 0.6) is 0 Å². The Morgan fingerprint density at radius 2 is 1.61 bits per heavy atom. The van der Waals surface area contributed by atoms with E-state index >= 15 is 0 Å². The molecule has 0 aliphatic rings. The minimum atomic E-state index is -0.211. The van der Waals surface area contributed by atoms with E-state index in [1.165, 1.54) is 6.92 Å². The lowest BCUT2D eigenvalue weighted by Gasteiger charge is -2.08. The Morgan fingerprint density at radius 3 is 1.90 bits per heavy atom. The van der Waals surface area contributed by atoms with Gasteiger partial charge in [0.1, 0.15) is 11.5 Å². The molecule has 0 fully saturated rings. The molecule has 0 unspecified atom stereocenters. The van der Waals surface area contributed by atoms with Crippen LogP contribution >= 0.6 is 0 Å². The summed E-state index contributed by atoms with van der Waals surface area (Å²) in [5.74, 6) is 2.75. The van der Waals surface area contributed by atoms with Crippen LogP contribution in [0.3, 0.4) is 0 Å². The Labute approximate surface area is 186 Å². The number of nitrogens with two attached hydrogens (primary N) is 1. The van der Waals surface area contributed by atoms with Crippen molar-refractivity contribution in [1.29, 1.82) is 0 Å². The summed E-state index contributed by atoms with van der Waals surface area (Å²) >= 11 is 0. The molecule has 8 nitrogen and oxygen atoms in total. The molecule has 0 saturated heterocycles. The van der Waals surface area contributed by atoms with E-state index in [0.717, 1.165) is 43.7 Å². The topological polar surface area (TPSA) is 127 Å². The van der Waals surface area contributed by atoms with Crippen LogP contribution in [0.2, 0.25) is 0 Å². The number of nitrogens with zero attached hydrogens (tertiary/aromatic N) is 3. The van der Waals surface area contributed by atoms with Gasteiger partial charge in [-0.15, -0.1) is 0 Å². The largest absolute Gasteiger partial charge is 0.469 e. The number of rotatable bonds is 10. The molecule has 0 bridgehead atoms. The average molecular weight is 437 g/mol. The quantitative estimate of drug-likeness (QED) is 0.206. The zero-order valence-electron chi connectivity index (χ0n) is 18.6. The van der Waals surface area contributed by atoms with Crippen molar-refractivity contribution in [1.82, 2.24) is 0 Å². The minimum Gasteiger partial charge on any atom is -0.469 e. The van der Waals surface area contributed by atoms with E-state index in [2.05, 4.69) is 28.6 Å². The van der Waals surface area contributed by atoms with Crippen molar-refractivity contribution in [2.24, 2.45) is 22.7 Å². The lowest BCUT2D eigenvalue weighted by Crippen LogP contribution is -2.15. The second kappa shape index (κ2) is 20.6. The van der Waals surface area contributed by atoms with Crippen LogP contribution in [0.4, 0.5) is 0 Å². The van der Waals surface area contributed by atoms with Crippen molar-refractivity contribution in [2.75, 3.05) is 19.7 Å². The van der Waals surface area contributed by atoms with Crippen LogP contribution in [-0.4, -0.2) is 25.7 Å². The van der Waals surface area contributed by atoms with Gasteiger partial charge < -0.3 is 19.3 Å². The summed E-state index contributed by atoms with van der Waals surface area (Å²) in [5, 5.41) is 3.56. The lowest BCUT2D eigenvalue weighted by atomic mass is 10.0. The SMILES string of the molecule is C.CCOC(C)=O.CC[C@H](CN)Cc1ccco1.CC[C@H](CN=[N+]=[N-])Cc1ccco1. The van der Waals surface area contributed by atoms with E-state index in [9.17, 15) is 4.79 Å². The van der Waals surface area contributed by atoms with Crippen LogP contribution in [0.1, 0.15) is 59.5 Å². The summed E-state index contributed by atoms with van der Waals surface area (Å²) in [5.41, 5.74) is 13.7. The molecule has 8 heteroatoms. The summed E-state index contributed by atoms with van der Waals surface area (Å²) in [7, 11) is 0. The van der Waals surface area contributed by atoms with Gasteiger partial charge in [0.25, 0.3) is 0 Å². The normalized spacial score (nSPS) is 11.3. The van der Waals surface area contributed by atoms with Gasteiger partial charge in [-0.05, 0) is 55.1 Å². The number of hydrogen-bond donors (Lipinski definition) is 1. The van der Waals surface area contributed by atoms with Crippen LogP contribution in [0.15, 0.2) is 50.7 Å². The highest BCUT2D eigenvalue weighted by Gasteiger charge is 2.07. The summed E-state index contributed by atoms with van der Waals surface area (Å²) in [4.78, 5) is 12.6. The molecule has 0 saturated carbocycles. The molecule has 2 atom stereocenters. The van der Waals surface area contributed by atoms with Crippen LogP contribution in [0, 0.1) is 11.8 Å². The van der Waals surface area contributed by atoms with Crippen molar-refractivity contribution in [3.8, 4) is 0 Å². The van der Waals surface area contributed by atoms with Crippen LogP contribution in [-0.2, 0) is 22.4 Å². The van der Waals surface area contributed by atoms with E-state index in [-0.39, 0.29) is 13.4 Å². The molecular formula is C23H40N4O4. The molecule has 0 radical (unpaired) electrons. The number of azide groups is 1. The summed E-state index contributed by atoms with van der Waals surface area (Å²) in [6.45, 7) is 9.19. The van der Waals surface area contributed by atoms with Gasteiger partial charge in [-0.3, -0.25) is 4.79 Å². The first-order valence-electron chi connectivity index (χ1n) is 10.4. The maximum atomic E-state index is 9.82. The standard InChI is InChI=1S/C9H13N3O.C9H15NO.C4H8O2.CH4/c1-2-8(7-11-12-10)6-9-4-3-5-13-9;1-2-8(7-10)6-9-4-3-5-11-9;1-3-6-4(2)5;/h3-5,8H,2,6-7H2,1H3;3-5,8H,2,6-7,10H2,1H3;3H2,1-2H3;1H4/t2*8-;;/m00../s1. The summed E-state index contributed by atoms with van der Waals surface area (Å²) < 4.78 is 14.8. The smallest absolute Gasteiger partial charge is 0.302 e. The van der Waals surface area contributed by atoms with E-state index in [1.807, 2.05) is 24.3 Å². The third kappa shape index (κ3) is 16.7. The van der Waals surface area contributed by atoms with Gasteiger partial charge in [0.15, 0.2) is 0 Å². The molecular weight excluding hydrogens is 396 g/mol. The first-order chi connectivity index (χ1) is 14.5. The number of hydrogen-bond acceptors (Lipinski definition) is 6. The molecule has 2 aromatic rings. The van der Waals surface area contributed by atoms with Crippen molar-refractivity contribution < 1.29 is 18.4 Å². The van der Waals surface area contributed by atoms with E-state index < -0.39 is 0 Å². The highest BCUT2D eigenvalue weighted by Crippen LogP contribution is 2.13. The Bertz CT molecular complexity index is 677. The molecule has 0 aromatic carbocycles. The second-order valence-electron chi connectivity index (χ2n) is 6.69. The summed E-state index contributed by atoms with van der Waals surface area (Å²) in [6.07, 6.45) is 7.31. The molecule has 31 heavy (non-hydrogen) atoms. The van der Waals surface area contributed by atoms with Crippen molar-refractivity contribution in [2.45, 2.75) is 60.8 Å². The predicted molar refractivity (Wildman–Crippen MR) is 124 cm³/mol. The van der Waals surface area contributed by atoms with Gasteiger partial charge in [0, 0.05) is 31.2 Å². The van der Waals surface area contributed by atoms with Gasteiger partial charge in [-0.2, -0.15) is 0 Å². The van der Waals surface area contributed by atoms with Gasteiger partial charge in [-0.1, -0.05) is 39.2 Å². The monoisotopic (exact) mass is 436 g/mol. The van der Waals surface area contributed by atoms with E-state index in [1.54, 1.807) is 19.5 Å². The van der Waals surface area contributed by atoms with E-state index in [0.29, 0.717) is 25.0 Å². The first kappa shape index (κ1) is 30.5. The third-order valence-electron chi connectivity index (χ3n) is 4.38. The van der Waals surface area contributed by atoms with Crippen molar-refractivity contribution in [3.63, 3.8) is 0 Å². The Kier molecular flexibility index (Phi) is 20.2. The zero-order valence-corrected chi connectivity index (χ0v) is 18.6. The highest BCUT2D eigenvalue weighted by atomic mass is 16.5. The summed E-state index contributed by atoms with van der Waals surface area (Å²) in [6, 6.07) is 7.73. The predicted octanol–water partition coefficient (Wildman–Crippen LogP) is 6.17. The molecule has 176 valence electrons. The van der Waals surface area contributed by atoms with Gasteiger partial charge in [0.05, 0.1) is 19.1 Å². The molecule has 0 aliphatic heterocycles. The maximum Gasteiger partial charge on any atom is 0.302 e. The van der Waals surface area contributed by atoms with Crippen LogP contribution < -0.4 is 5.73 Å². The maximum absolute atomic E-state index is 9.82. The van der Waals surface area contributed by atoms with Crippen molar-refractivity contribution in [3.05, 3.63) is 58.8 Å². The molecule has 0 aliphatic carbocycles. The third-order valence-corrected chi connectivity index (χ3v) is 4.38. The van der Waals surface area contributed by atoms with Gasteiger partial charge in [0.2, 0.25) is 0 Å². The molecule has 2 N–H and O–H groups in total. The lowest BCUT2D eigenvalue weighted by molar-refractivity contribution is -0.140. The number of carbonyl (C=O) groups excluding carboxylic acids is 1. The fourth-order valence-electron chi connectivity index (χ4n) is 2.51. The van der Waals surface area contributed by atoms with Crippen molar-refractivity contribution >= 4 is 5.97 Å². The van der Waals surface area contributed by atoms with Gasteiger partial charge >= 0.3 is 5.97 Å². The second-order valence-corrected chi connectivity index (χ2v) is 6.69. The van der Waals surface area contributed by atoms with Gasteiger partial charge in [-0.25, -0.2) is 0 Å². The molecule has 2 rings (SSSR count). The average Bonchev–Trinajstić information content (AvgIpc) is 3.44. The Morgan fingerprint density at radius 1 is 1.10 bits per heavy atom. The first-order valence-corrected chi connectivity index (χ1v) is 10.4. The number of carbonyl (C=O) groups is 1. The molecule has 0 spiro atoms. The minimum absolute atomic E-state index is 0. The highest BCUT2D eigenvalue weighted by molar-refractivity contribution is 5.65. The Hall–Kier alpha value is -2.70.